The zero-order valence-electron chi connectivity index (χ0n) is 11.1. The zero-order chi connectivity index (χ0) is 13.5. The monoisotopic (exact) mass is 271 g/mol. The second kappa shape index (κ2) is 7.62. The van der Waals surface area contributed by atoms with Crippen LogP contribution in [0.5, 0.6) is 0 Å². The molecule has 2 N–H and O–H groups in total. The molecule has 0 saturated heterocycles. The maximum absolute atomic E-state index is 9.42. The van der Waals surface area contributed by atoms with Crippen LogP contribution in [-0.4, -0.2) is 29.4 Å². The van der Waals surface area contributed by atoms with Gasteiger partial charge in [0.1, 0.15) is 0 Å². The van der Waals surface area contributed by atoms with E-state index in [4.69, 9.17) is 11.6 Å². The highest BCUT2D eigenvalue weighted by molar-refractivity contribution is 6.30. The number of halogens is 1. The zero-order valence-corrected chi connectivity index (χ0v) is 11.8. The van der Waals surface area contributed by atoms with Crippen LogP contribution in [0.2, 0.25) is 5.02 Å². The molecule has 4 heteroatoms. The second-order valence-electron chi connectivity index (χ2n) is 4.32. The number of aliphatic hydroxyl groups excluding tert-OH is 2. The number of nitrogens with zero attached hydrogens (tertiary/aromatic N) is 1. The molecule has 0 saturated carbocycles. The second-order valence-corrected chi connectivity index (χ2v) is 4.75. The van der Waals surface area contributed by atoms with Gasteiger partial charge in [0.25, 0.3) is 0 Å². The van der Waals surface area contributed by atoms with Gasteiger partial charge >= 0.3 is 0 Å². The molecule has 0 aliphatic heterocycles. The third-order valence-corrected chi connectivity index (χ3v) is 3.49. The van der Waals surface area contributed by atoms with Gasteiger partial charge < -0.3 is 15.1 Å². The first-order valence-corrected chi connectivity index (χ1v) is 6.82. The molecule has 3 nitrogen and oxygen atoms in total. The fraction of sp³-hybridized carbons (Fsp3) is 0.571. The van der Waals surface area contributed by atoms with Crippen LogP contribution in [0.3, 0.4) is 0 Å². The fourth-order valence-corrected chi connectivity index (χ4v) is 2.44. The molecular formula is C14H22ClNO2. The predicted octanol–water partition coefficient (Wildman–Crippen LogP) is 2.82. The normalized spacial score (nSPS) is 11.0. The lowest BCUT2D eigenvalue weighted by Gasteiger charge is -2.33. The maximum Gasteiger partial charge on any atom is 0.0702 e. The Bertz CT molecular complexity index is 367. The quantitative estimate of drug-likeness (QED) is 0.801. The summed E-state index contributed by atoms with van der Waals surface area (Å²) in [5, 5.41) is 19.3. The van der Waals surface area contributed by atoms with Gasteiger partial charge in [-0.1, -0.05) is 31.5 Å². The van der Waals surface area contributed by atoms with Gasteiger partial charge in [0.15, 0.2) is 0 Å². The number of anilines is 1. The molecular weight excluding hydrogens is 250 g/mol. The molecule has 0 aromatic heterocycles. The summed E-state index contributed by atoms with van der Waals surface area (Å²) in [5.41, 5.74) is 1.77. The fourth-order valence-electron chi connectivity index (χ4n) is 2.27. The SMILES string of the molecule is CCC(CC)N(CCO)c1cc(Cl)ccc1CO. The maximum atomic E-state index is 9.42. The van der Waals surface area contributed by atoms with Crippen LogP contribution in [-0.2, 0) is 6.61 Å². The van der Waals surface area contributed by atoms with E-state index in [-0.39, 0.29) is 13.2 Å². The lowest BCUT2D eigenvalue weighted by atomic mass is 10.1. The minimum Gasteiger partial charge on any atom is -0.395 e. The highest BCUT2D eigenvalue weighted by atomic mass is 35.5. The van der Waals surface area contributed by atoms with Gasteiger partial charge in [0.05, 0.1) is 13.2 Å². The minimum absolute atomic E-state index is 0.0193. The molecule has 1 rings (SSSR count). The Morgan fingerprint density at radius 2 is 1.89 bits per heavy atom. The number of benzene rings is 1. The Morgan fingerprint density at radius 1 is 1.22 bits per heavy atom. The largest absolute Gasteiger partial charge is 0.395 e. The predicted molar refractivity (Wildman–Crippen MR) is 76.2 cm³/mol. The summed E-state index contributed by atoms with van der Waals surface area (Å²) in [6.45, 7) is 4.88. The first kappa shape index (κ1) is 15.3. The summed E-state index contributed by atoms with van der Waals surface area (Å²) in [6.07, 6.45) is 1.99. The summed E-state index contributed by atoms with van der Waals surface area (Å²) in [4.78, 5) is 2.14. The van der Waals surface area contributed by atoms with Crippen molar-refractivity contribution in [1.29, 1.82) is 0 Å². The molecule has 0 atom stereocenters. The number of hydrogen-bond acceptors (Lipinski definition) is 3. The standard InChI is InChI=1S/C14H22ClNO2/c1-3-13(4-2)16(7-8-17)14-9-12(15)6-5-11(14)10-18/h5-6,9,13,17-18H,3-4,7-8,10H2,1-2H3. The summed E-state index contributed by atoms with van der Waals surface area (Å²) < 4.78 is 0. The van der Waals surface area contributed by atoms with E-state index in [1.807, 2.05) is 12.1 Å². The van der Waals surface area contributed by atoms with E-state index in [0.717, 1.165) is 24.1 Å². The molecule has 0 unspecified atom stereocenters. The number of rotatable bonds is 7. The molecule has 0 fully saturated rings. The molecule has 0 amide bonds. The molecule has 102 valence electrons. The van der Waals surface area contributed by atoms with Crippen molar-refractivity contribution in [1.82, 2.24) is 0 Å². The Morgan fingerprint density at radius 3 is 2.39 bits per heavy atom. The Labute approximate surface area is 114 Å². The summed E-state index contributed by atoms with van der Waals surface area (Å²) in [7, 11) is 0. The minimum atomic E-state index is -0.0193. The van der Waals surface area contributed by atoms with E-state index < -0.39 is 0 Å². The van der Waals surface area contributed by atoms with Crippen molar-refractivity contribution in [2.45, 2.75) is 39.3 Å². The number of aliphatic hydroxyl groups is 2. The summed E-state index contributed by atoms with van der Waals surface area (Å²) >= 11 is 6.04. The lowest BCUT2D eigenvalue weighted by Crippen LogP contribution is -2.37. The van der Waals surface area contributed by atoms with Crippen molar-refractivity contribution in [3.8, 4) is 0 Å². The van der Waals surface area contributed by atoms with Crippen LogP contribution in [0, 0.1) is 0 Å². The van der Waals surface area contributed by atoms with Gasteiger partial charge in [-0.15, -0.1) is 0 Å². The molecule has 0 spiro atoms. The molecule has 0 radical (unpaired) electrons. The first-order valence-electron chi connectivity index (χ1n) is 6.44. The first-order chi connectivity index (χ1) is 8.67. The Balaban J connectivity index is 3.14. The van der Waals surface area contributed by atoms with E-state index >= 15 is 0 Å². The molecule has 0 heterocycles. The van der Waals surface area contributed by atoms with E-state index in [1.165, 1.54) is 0 Å². The van der Waals surface area contributed by atoms with Crippen molar-refractivity contribution in [3.05, 3.63) is 28.8 Å². The van der Waals surface area contributed by atoms with E-state index in [0.29, 0.717) is 17.6 Å². The van der Waals surface area contributed by atoms with E-state index in [2.05, 4.69) is 18.7 Å². The van der Waals surface area contributed by atoms with Crippen LogP contribution in [0.4, 0.5) is 5.69 Å². The van der Waals surface area contributed by atoms with Crippen LogP contribution in [0.15, 0.2) is 18.2 Å². The molecule has 0 aliphatic carbocycles. The Hall–Kier alpha value is -0.770. The van der Waals surface area contributed by atoms with E-state index in [9.17, 15) is 10.2 Å². The van der Waals surface area contributed by atoms with Gasteiger partial charge in [-0.25, -0.2) is 0 Å². The Kier molecular flexibility index (Phi) is 6.47. The molecule has 1 aromatic rings. The van der Waals surface area contributed by atoms with Gasteiger partial charge in [0, 0.05) is 28.9 Å². The average molecular weight is 272 g/mol. The third kappa shape index (κ3) is 3.61. The summed E-state index contributed by atoms with van der Waals surface area (Å²) in [6, 6.07) is 5.83. The highest BCUT2D eigenvalue weighted by Gasteiger charge is 2.18. The van der Waals surface area contributed by atoms with Crippen molar-refractivity contribution in [2.24, 2.45) is 0 Å². The molecule has 18 heavy (non-hydrogen) atoms. The van der Waals surface area contributed by atoms with E-state index in [1.54, 1.807) is 6.07 Å². The highest BCUT2D eigenvalue weighted by Crippen LogP contribution is 2.28. The third-order valence-electron chi connectivity index (χ3n) is 3.25. The molecule has 0 aliphatic rings. The van der Waals surface area contributed by atoms with Gasteiger partial charge in [-0.05, 0) is 25.0 Å². The van der Waals surface area contributed by atoms with Crippen molar-refractivity contribution < 1.29 is 10.2 Å². The average Bonchev–Trinajstić information content (AvgIpc) is 2.39. The van der Waals surface area contributed by atoms with Gasteiger partial charge in [-0.3, -0.25) is 0 Å². The van der Waals surface area contributed by atoms with Crippen molar-refractivity contribution in [2.75, 3.05) is 18.1 Å². The van der Waals surface area contributed by atoms with Crippen LogP contribution in [0.1, 0.15) is 32.3 Å². The van der Waals surface area contributed by atoms with Crippen molar-refractivity contribution >= 4 is 17.3 Å². The van der Waals surface area contributed by atoms with Gasteiger partial charge in [0.2, 0.25) is 0 Å². The van der Waals surface area contributed by atoms with Crippen molar-refractivity contribution in [3.63, 3.8) is 0 Å². The van der Waals surface area contributed by atoms with Crippen LogP contribution in [0.25, 0.3) is 0 Å². The smallest absolute Gasteiger partial charge is 0.0702 e. The van der Waals surface area contributed by atoms with Gasteiger partial charge in [-0.2, -0.15) is 0 Å². The lowest BCUT2D eigenvalue weighted by molar-refractivity contribution is 0.279. The topological polar surface area (TPSA) is 43.7 Å². The van der Waals surface area contributed by atoms with Crippen LogP contribution >= 0.6 is 11.6 Å². The summed E-state index contributed by atoms with van der Waals surface area (Å²) in [5.74, 6) is 0. The number of hydrogen-bond donors (Lipinski definition) is 2. The molecule has 0 bridgehead atoms. The van der Waals surface area contributed by atoms with Crippen LogP contribution < -0.4 is 4.90 Å². The molecule has 1 aromatic carbocycles.